The van der Waals surface area contributed by atoms with Crippen molar-refractivity contribution < 1.29 is 17.9 Å². The Morgan fingerprint density at radius 3 is 2.60 bits per heavy atom. The van der Waals surface area contributed by atoms with Gasteiger partial charge in [-0.2, -0.15) is 5.26 Å². The van der Waals surface area contributed by atoms with E-state index in [1.165, 1.54) is 22.6 Å². The maximum absolute atomic E-state index is 11.9. The number of hydrogen-bond donors (Lipinski definition) is 1. The normalized spacial score (nSPS) is 10.9. The number of nitrogens with zero attached hydrogens (tertiary/aromatic N) is 2. The molecule has 0 aromatic carbocycles. The van der Waals surface area contributed by atoms with Crippen molar-refractivity contribution >= 4 is 28.4 Å². The second-order valence-corrected chi connectivity index (χ2v) is 3.44. The van der Waals surface area contributed by atoms with E-state index < -0.39 is 17.9 Å². The predicted molar refractivity (Wildman–Crippen MR) is 52.8 cm³/mol. The van der Waals surface area contributed by atoms with Gasteiger partial charge >= 0.3 is 6.36 Å². The molecule has 0 radical (unpaired) electrons. The molecule has 0 saturated carbocycles. The van der Waals surface area contributed by atoms with Gasteiger partial charge in [-0.3, -0.25) is 0 Å². The smallest absolute Gasteiger partial charge is 0.401 e. The van der Waals surface area contributed by atoms with Crippen LogP contribution in [0, 0.1) is 14.9 Å². The van der Waals surface area contributed by atoms with Crippen molar-refractivity contribution in [2.45, 2.75) is 6.36 Å². The molecule has 1 aromatic rings. The molecule has 0 atom stereocenters. The monoisotopic (exact) mass is 329 g/mol. The number of rotatable bonds is 1. The van der Waals surface area contributed by atoms with Gasteiger partial charge in [0.25, 0.3) is 0 Å². The van der Waals surface area contributed by atoms with Crippen LogP contribution < -0.4 is 10.5 Å². The third-order valence-corrected chi connectivity index (χ3v) is 2.41. The maximum Gasteiger partial charge on any atom is 0.573 e. The Kier molecular flexibility index (Phi) is 3.23. The zero-order valence-electron chi connectivity index (χ0n) is 6.97. The molecule has 1 heterocycles. The first-order valence-corrected chi connectivity index (χ1v) is 4.53. The summed E-state index contributed by atoms with van der Waals surface area (Å²) in [7, 11) is 0. The molecule has 2 N–H and O–H groups in total. The van der Waals surface area contributed by atoms with Gasteiger partial charge in [0.05, 0.1) is 9.13 Å². The fraction of sp³-hybridized carbons (Fsp3) is 0.143. The van der Waals surface area contributed by atoms with Crippen molar-refractivity contribution in [2.24, 2.45) is 0 Å². The van der Waals surface area contributed by atoms with Crippen molar-refractivity contribution in [2.75, 3.05) is 5.73 Å². The van der Waals surface area contributed by atoms with E-state index in [1.54, 1.807) is 6.07 Å². The van der Waals surface area contributed by atoms with E-state index >= 15 is 0 Å². The first-order valence-electron chi connectivity index (χ1n) is 3.45. The zero-order valence-corrected chi connectivity index (χ0v) is 9.13. The summed E-state index contributed by atoms with van der Waals surface area (Å²) in [4.78, 5) is 3.42. The Hall–Kier alpha value is -1.24. The van der Waals surface area contributed by atoms with Gasteiger partial charge in [0.15, 0.2) is 11.6 Å². The van der Waals surface area contributed by atoms with Crippen molar-refractivity contribution in [1.82, 2.24) is 4.98 Å². The highest BCUT2D eigenvalue weighted by molar-refractivity contribution is 14.1. The van der Waals surface area contributed by atoms with Gasteiger partial charge in [-0.05, 0) is 22.6 Å². The van der Waals surface area contributed by atoms with Crippen LogP contribution >= 0.6 is 22.6 Å². The van der Waals surface area contributed by atoms with E-state index in [0.717, 1.165) is 6.20 Å². The average molecular weight is 329 g/mol. The van der Waals surface area contributed by atoms with Gasteiger partial charge in [0, 0.05) is 6.20 Å². The van der Waals surface area contributed by atoms with Gasteiger partial charge < -0.3 is 10.5 Å². The first kappa shape index (κ1) is 11.8. The number of hydrogen-bond acceptors (Lipinski definition) is 4. The van der Waals surface area contributed by atoms with Crippen molar-refractivity contribution in [3.8, 4) is 11.8 Å². The van der Waals surface area contributed by atoms with Crippen LogP contribution in [0.1, 0.15) is 5.56 Å². The standard InChI is InChI=1S/C7H3F3IN3O/c8-7(9,10)15-5-4(11)3(1-12)2-14-6(5)13/h2H,(H2,13,14). The average Bonchev–Trinajstić information content (AvgIpc) is 2.11. The van der Waals surface area contributed by atoms with Crippen molar-refractivity contribution in [3.63, 3.8) is 0 Å². The lowest BCUT2D eigenvalue weighted by atomic mass is 10.3. The number of aromatic nitrogens is 1. The molecule has 0 bridgehead atoms. The number of nitrogen functional groups attached to an aromatic ring is 1. The SMILES string of the molecule is N#Cc1cnc(N)c(OC(F)(F)F)c1I. The summed E-state index contributed by atoms with van der Waals surface area (Å²) in [5, 5.41) is 8.56. The maximum atomic E-state index is 11.9. The molecule has 0 amide bonds. The van der Waals surface area contributed by atoms with Crippen LogP contribution in [0.4, 0.5) is 19.0 Å². The molecule has 80 valence electrons. The third-order valence-electron chi connectivity index (χ3n) is 1.34. The molecule has 1 aromatic heterocycles. The molecule has 15 heavy (non-hydrogen) atoms. The summed E-state index contributed by atoms with van der Waals surface area (Å²) < 4.78 is 39.5. The number of nitriles is 1. The lowest BCUT2D eigenvalue weighted by molar-refractivity contribution is -0.274. The lowest BCUT2D eigenvalue weighted by Gasteiger charge is -2.12. The molecule has 0 aliphatic rings. The summed E-state index contributed by atoms with van der Waals surface area (Å²) >= 11 is 1.54. The van der Waals surface area contributed by atoms with Gasteiger partial charge in [0.2, 0.25) is 0 Å². The highest BCUT2D eigenvalue weighted by atomic mass is 127. The van der Waals surface area contributed by atoms with Crippen LogP contribution in [0.15, 0.2) is 6.20 Å². The molecule has 1 rings (SSSR count). The van der Waals surface area contributed by atoms with Crippen molar-refractivity contribution in [1.29, 1.82) is 5.26 Å². The fourth-order valence-electron chi connectivity index (χ4n) is 0.775. The molecule has 4 nitrogen and oxygen atoms in total. The molecule has 0 saturated heterocycles. The highest BCUT2D eigenvalue weighted by Gasteiger charge is 2.33. The quantitative estimate of drug-likeness (QED) is 0.801. The molecule has 0 fully saturated rings. The topological polar surface area (TPSA) is 71.9 Å². The van der Waals surface area contributed by atoms with Crippen LogP contribution in [-0.2, 0) is 0 Å². The number of pyridine rings is 1. The molecular weight excluding hydrogens is 326 g/mol. The number of nitrogens with two attached hydrogens (primary N) is 1. The summed E-state index contributed by atoms with van der Waals surface area (Å²) in [5.74, 6) is -1.04. The summed E-state index contributed by atoms with van der Waals surface area (Å²) in [6, 6.07) is 1.68. The molecule has 0 aliphatic carbocycles. The molecule has 0 spiro atoms. The lowest BCUT2D eigenvalue weighted by Crippen LogP contribution is -2.19. The number of ether oxygens (including phenoxy) is 1. The Bertz CT molecular complexity index is 427. The van der Waals surface area contributed by atoms with Crippen LogP contribution in [-0.4, -0.2) is 11.3 Å². The summed E-state index contributed by atoms with van der Waals surface area (Å²) in [5.41, 5.74) is 5.18. The van der Waals surface area contributed by atoms with Crippen molar-refractivity contribution in [3.05, 3.63) is 15.3 Å². The molecule has 0 unspecified atom stereocenters. The largest absolute Gasteiger partial charge is 0.573 e. The number of halogens is 4. The summed E-state index contributed by atoms with van der Waals surface area (Å²) in [6.45, 7) is 0. The van der Waals surface area contributed by atoms with Crippen LogP contribution in [0.5, 0.6) is 5.75 Å². The third kappa shape index (κ3) is 2.85. The van der Waals surface area contributed by atoms with Crippen LogP contribution in [0.25, 0.3) is 0 Å². The Labute approximate surface area is 96.0 Å². The minimum absolute atomic E-state index is 0.0140. The van der Waals surface area contributed by atoms with E-state index in [0.29, 0.717) is 0 Å². The second kappa shape index (κ2) is 4.09. The van der Waals surface area contributed by atoms with E-state index in [1.807, 2.05) is 0 Å². The van der Waals surface area contributed by atoms with Crippen LogP contribution in [0.2, 0.25) is 0 Å². The number of anilines is 1. The molecular formula is C7H3F3IN3O. The van der Waals surface area contributed by atoms with E-state index in [4.69, 9.17) is 11.0 Å². The Morgan fingerprint density at radius 1 is 1.53 bits per heavy atom. The van der Waals surface area contributed by atoms with E-state index in [9.17, 15) is 13.2 Å². The van der Waals surface area contributed by atoms with Gasteiger partial charge in [-0.25, -0.2) is 4.98 Å². The molecule has 8 heteroatoms. The van der Waals surface area contributed by atoms with Crippen LogP contribution in [0.3, 0.4) is 0 Å². The Morgan fingerprint density at radius 2 is 2.13 bits per heavy atom. The van der Waals surface area contributed by atoms with Gasteiger partial charge in [0.1, 0.15) is 6.07 Å². The van der Waals surface area contributed by atoms with E-state index in [-0.39, 0.29) is 9.13 Å². The predicted octanol–water partition coefficient (Wildman–Crippen LogP) is 2.04. The Balaban J connectivity index is 3.23. The summed E-state index contributed by atoms with van der Waals surface area (Å²) in [6.07, 6.45) is -3.77. The number of alkyl halides is 3. The second-order valence-electron chi connectivity index (χ2n) is 2.36. The van der Waals surface area contributed by atoms with Gasteiger partial charge in [-0.15, -0.1) is 13.2 Å². The van der Waals surface area contributed by atoms with Gasteiger partial charge in [-0.1, -0.05) is 0 Å². The fourth-order valence-corrected chi connectivity index (χ4v) is 1.42. The minimum atomic E-state index is -4.86. The minimum Gasteiger partial charge on any atom is -0.401 e. The molecule has 0 aliphatic heterocycles. The highest BCUT2D eigenvalue weighted by Crippen LogP contribution is 2.33. The zero-order chi connectivity index (χ0) is 11.6. The first-order chi connectivity index (χ1) is 6.85. The van der Waals surface area contributed by atoms with E-state index in [2.05, 4.69) is 9.72 Å².